The van der Waals surface area contributed by atoms with Crippen LogP contribution in [-0.2, 0) is 11.3 Å². The standard InChI is InChI=1S/C22H26ClFN2O4/c1-28-20-6-3-16(13-21(20)29-2)15-26(8-7-25-9-11-30-12-10-25)22(27)18-5-4-17(24)14-19(18)23/h3-6,13-14H,7-12,15H2,1-2H3. The fourth-order valence-corrected chi connectivity index (χ4v) is 3.62. The molecule has 30 heavy (non-hydrogen) atoms. The topological polar surface area (TPSA) is 51.2 Å². The summed E-state index contributed by atoms with van der Waals surface area (Å²) < 4.78 is 29.5. The Morgan fingerprint density at radius 2 is 1.87 bits per heavy atom. The van der Waals surface area contributed by atoms with Crippen LogP contribution in [0.2, 0.25) is 5.02 Å². The highest BCUT2D eigenvalue weighted by atomic mass is 35.5. The van der Waals surface area contributed by atoms with Gasteiger partial charge in [-0.05, 0) is 35.9 Å². The third-order valence-corrected chi connectivity index (χ3v) is 5.37. The second-order valence-corrected chi connectivity index (χ2v) is 7.40. The molecule has 162 valence electrons. The molecule has 3 rings (SSSR count). The van der Waals surface area contributed by atoms with Gasteiger partial charge in [-0.25, -0.2) is 4.39 Å². The van der Waals surface area contributed by atoms with E-state index in [1.807, 2.05) is 18.2 Å². The minimum Gasteiger partial charge on any atom is -0.493 e. The molecule has 0 N–H and O–H groups in total. The van der Waals surface area contributed by atoms with Crippen molar-refractivity contribution >= 4 is 17.5 Å². The van der Waals surface area contributed by atoms with Crippen molar-refractivity contribution in [2.45, 2.75) is 6.54 Å². The normalized spacial score (nSPS) is 14.4. The number of carbonyl (C=O) groups is 1. The van der Waals surface area contributed by atoms with Crippen LogP contribution in [0.3, 0.4) is 0 Å². The smallest absolute Gasteiger partial charge is 0.255 e. The third kappa shape index (κ3) is 5.62. The number of carbonyl (C=O) groups excluding carboxylic acids is 1. The molecule has 0 atom stereocenters. The van der Waals surface area contributed by atoms with Gasteiger partial charge in [0.1, 0.15) is 5.82 Å². The van der Waals surface area contributed by atoms with Gasteiger partial charge in [-0.3, -0.25) is 9.69 Å². The Balaban J connectivity index is 1.81. The van der Waals surface area contributed by atoms with Gasteiger partial charge in [0.2, 0.25) is 0 Å². The third-order valence-electron chi connectivity index (χ3n) is 5.06. The summed E-state index contributed by atoms with van der Waals surface area (Å²) in [4.78, 5) is 17.2. The monoisotopic (exact) mass is 436 g/mol. The molecule has 0 aromatic heterocycles. The maximum absolute atomic E-state index is 13.5. The Bertz CT molecular complexity index is 874. The lowest BCUT2D eigenvalue weighted by Crippen LogP contribution is -2.43. The molecule has 6 nitrogen and oxygen atoms in total. The lowest BCUT2D eigenvalue weighted by Gasteiger charge is -2.30. The first-order chi connectivity index (χ1) is 14.5. The zero-order valence-electron chi connectivity index (χ0n) is 17.2. The van der Waals surface area contributed by atoms with E-state index in [0.717, 1.165) is 24.7 Å². The molecule has 0 bridgehead atoms. The highest BCUT2D eigenvalue weighted by molar-refractivity contribution is 6.33. The Labute approximate surface area is 181 Å². The van der Waals surface area contributed by atoms with Crippen molar-refractivity contribution in [3.05, 3.63) is 58.4 Å². The zero-order valence-corrected chi connectivity index (χ0v) is 18.0. The second kappa shape index (κ2) is 10.6. The highest BCUT2D eigenvalue weighted by Crippen LogP contribution is 2.28. The van der Waals surface area contributed by atoms with Crippen LogP contribution >= 0.6 is 11.6 Å². The molecule has 0 unspecified atom stereocenters. The summed E-state index contributed by atoms with van der Waals surface area (Å²) in [6.07, 6.45) is 0. The summed E-state index contributed by atoms with van der Waals surface area (Å²) in [5.41, 5.74) is 1.17. The minimum atomic E-state index is -0.476. The van der Waals surface area contributed by atoms with Crippen molar-refractivity contribution < 1.29 is 23.4 Å². The van der Waals surface area contributed by atoms with E-state index in [0.29, 0.717) is 44.3 Å². The number of ether oxygens (including phenoxy) is 3. The summed E-state index contributed by atoms with van der Waals surface area (Å²) in [5, 5.41) is 0.101. The molecule has 2 aromatic rings. The van der Waals surface area contributed by atoms with Gasteiger partial charge in [-0.15, -0.1) is 0 Å². The Kier molecular flexibility index (Phi) is 7.90. The van der Waals surface area contributed by atoms with Gasteiger partial charge >= 0.3 is 0 Å². The van der Waals surface area contributed by atoms with E-state index >= 15 is 0 Å². The van der Waals surface area contributed by atoms with Crippen LogP contribution in [0.15, 0.2) is 36.4 Å². The molecule has 0 saturated carbocycles. The van der Waals surface area contributed by atoms with Crippen LogP contribution in [-0.4, -0.2) is 69.3 Å². The van der Waals surface area contributed by atoms with Gasteiger partial charge in [0.05, 0.1) is 38.0 Å². The molecular weight excluding hydrogens is 411 g/mol. The van der Waals surface area contributed by atoms with Crippen LogP contribution in [0.25, 0.3) is 0 Å². The van der Waals surface area contributed by atoms with E-state index in [9.17, 15) is 9.18 Å². The predicted octanol–water partition coefficient (Wildman–Crippen LogP) is 3.47. The van der Waals surface area contributed by atoms with Crippen LogP contribution in [0.4, 0.5) is 4.39 Å². The maximum atomic E-state index is 13.5. The van der Waals surface area contributed by atoms with Gasteiger partial charge in [0.15, 0.2) is 11.5 Å². The number of hydrogen-bond donors (Lipinski definition) is 0. The molecule has 1 amide bonds. The molecule has 0 radical (unpaired) electrons. The summed E-state index contributed by atoms with van der Waals surface area (Å²) in [6.45, 7) is 4.60. The van der Waals surface area contributed by atoms with Crippen molar-refractivity contribution in [3.8, 4) is 11.5 Å². The quantitative estimate of drug-likeness (QED) is 0.634. The van der Waals surface area contributed by atoms with E-state index in [1.54, 1.807) is 19.1 Å². The number of rotatable bonds is 8. The first-order valence-electron chi connectivity index (χ1n) is 9.77. The van der Waals surface area contributed by atoms with Crippen molar-refractivity contribution in [2.24, 2.45) is 0 Å². The number of halogens is 2. The van der Waals surface area contributed by atoms with Gasteiger partial charge in [-0.1, -0.05) is 17.7 Å². The predicted molar refractivity (Wildman–Crippen MR) is 113 cm³/mol. The summed E-state index contributed by atoms with van der Waals surface area (Å²) in [6, 6.07) is 9.38. The number of amides is 1. The lowest BCUT2D eigenvalue weighted by atomic mass is 10.1. The van der Waals surface area contributed by atoms with E-state index < -0.39 is 5.82 Å². The SMILES string of the molecule is COc1ccc(CN(CCN2CCOCC2)C(=O)c2ccc(F)cc2Cl)cc1OC. The zero-order chi connectivity index (χ0) is 21.5. The number of nitrogens with zero attached hydrogens (tertiary/aromatic N) is 2. The molecule has 1 saturated heterocycles. The number of morpholine rings is 1. The number of methoxy groups -OCH3 is 2. The minimum absolute atomic E-state index is 0.101. The number of hydrogen-bond acceptors (Lipinski definition) is 5. The Morgan fingerprint density at radius 3 is 2.53 bits per heavy atom. The van der Waals surface area contributed by atoms with Gasteiger partial charge in [-0.2, -0.15) is 0 Å². The first-order valence-corrected chi connectivity index (χ1v) is 10.1. The van der Waals surface area contributed by atoms with E-state index in [2.05, 4.69) is 4.90 Å². The van der Waals surface area contributed by atoms with Gasteiger partial charge < -0.3 is 19.1 Å². The van der Waals surface area contributed by atoms with Crippen molar-refractivity contribution in [1.82, 2.24) is 9.80 Å². The fraction of sp³-hybridized carbons (Fsp3) is 0.409. The Hall–Kier alpha value is -2.35. The van der Waals surface area contributed by atoms with Crippen LogP contribution in [0.5, 0.6) is 11.5 Å². The van der Waals surface area contributed by atoms with E-state index in [1.165, 1.54) is 12.1 Å². The molecule has 8 heteroatoms. The molecule has 1 aliphatic heterocycles. The van der Waals surface area contributed by atoms with Crippen molar-refractivity contribution in [3.63, 3.8) is 0 Å². The molecule has 0 spiro atoms. The molecule has 1 heterocycles. The second-order valence-electron chi connectivity index (χ2n) is 6.99. The average molecular weight is 437 g/mol. The van der Waals surface area contributed by atoms with Crippen molar-refractivity contribution in [2.75, 3.05) is 53.6 Å². The molecule has 2 aromatic carbocycles. The van der Waals surface area contributed by atoms with E-state index in [-0.39, 0.29) is 16.5 Å². The van der Waals surface area contributed by atoms with Crippen LogP contribution in [0.1, 0.15) is 15.9 Å². The summed E-state index contributed by atoms with van der Waals surface area (Å²) in [5.74, 6) is 0.490. The molecule has 0 aliphatic carbocycles. The Morgan fingerprint density at radius 1 is 1.13 bits per heavy atom. The average Bonchev–Trinajstić information content (AvgIpc) is 2.76. The molecule has 1 aliphatic rings. The van der Waals surface area contributed by atoms with Gasteiger partial charge in [0, 0.05) is 32.7 Å². The molecule has 1 fully saturated rings. The van der Waals surface area contributed by atoms with Crippen LogP contribution in [0, 0.1) is 5.82 Å². The fourth-order valence-electron chi connectivity index (χ4n) is 3.37. The van der Waals surface area contributed by atoms with Crippen LogP contribution < -0.4 is 9.47 Å². The van der Waals surface area contributed by atoms with Crippen molar-refractivity contribution in [1.29, 1.82) is 0 Å². The molecular formula is C22H26ClFN2O4. The number of benzene rings is 2. The maximum Gasteiger partial charge on any atom is 0.255 e. The van der Waals surface area contributed by atoms with Gasteiger partial charge in [0.25, 0.3) is 5.91 Å². The largest absolute Gasteiger partial charge is 0.493 e. The highest BCUT2D eigenvalue weighted by Gasteiger charge is 2.21. The summed E-state index contributed by atoms with van der Waals surface area (Å²) in [7, 11) is 3.15. The lowest BCUT2D eigenvalue weighted by molar-refractivity contribution is 0.0320. The summed E-state index contributed by atoms with van der Waals surface area (Å²) >= 11 is 6.16. The van der Waals surface area contributed by atoms with E-state index in [4.69, 9.17) is 25.8 Å². The first kappa shape index (κ1) is 22.3.